The van der Waals surface area contributed by atoms with E-state index in [9.17, 15) is 9.59 Å². The summed E-state index contributed by atoms with van der Waals surface area (Å²) in [6.07, 6.45) is 2.78. The van der Waals surface area contributed by atoms with Gasteiger partial charge in [0, 0.05) is 50.2 Å². The van der Waals surface area contributed by atoms with Gasteiger partial charge in [0.15, 0.2) is 0 Å². The summed E-state index contributed by atoms with van der Waals surface area (Å²) in [7, 11) is 0. The summed E-state index contributed by atoms with van der Waals surface area (Å²) >= 11 is 0. The van der Waals surface area contributed by atoms with Crippen molar-refractivity contribution in [2.75, 3.05) is 36.8 Å². The summed E-state index contributed by atoms with van der Waals surface area (Å²) < 4.78 is 0. The van der Waals surface area contributed by atoms with Gasteiger partial charge in [-0.15, -0.1) is 0 Å². The molecule has 2 N–H and O–H groups in total. The maximum atomic E-state index is 12.7. The Labute approximate surface area is 165 Å². The molecule has 2 heterocycles. The first-order valence-electron chi connectivity index (χ1n) is 9.89. The number of amides is 3. The fourth-order valence-corrected chi connectivity index (χ4v) is 3.90. The Balaban J connectivity index is 1.45. The molecule has 0 aromatic heterocycles. The van der Waals surface area contributed by atoms with Gasteiger partial charge < -0.3 is 20.4 Å². The molecular weight excluding hydrogens is 352 g/mol. The van der Waals surface area contributed by atoms with Crippen LogP contribution in [-0.4, -0.2) is 47.9 Å². The molecule has 146 valence electrons. The molecule has 0 aliphatic carbocycles. The van der Waals surface area contributed by atoms with E-state index in [1.54, 1.807) is 16.7 Å². The SMILES string of the molecule is CC(=O)N1CCCN(C(=O)Nc2ccc3c(c2)Nc2ccccc2CC3)CC1. The van der Waals surface area contributed by atoms with Crippen molar-refractivity contribution < 1.29 is 9.59 Å². The van der Waals surface area contributed by atoms with Crippen molar-refractivity contribution in [2.24, 2.45) is 0 Å². The molecule has 0 unspecified atom stereocenters. The van der Waals surface area contributed by atoms with Crippen LogP contribution in [0.25, 0.3) is 0 Å². The Morgan fingerprint density at radius 1 is 0.893 bits per heavy atom. The lowest BCUT2D eigenvalue weighted by atomic mass is 10.0. The zero-order chi connectivity index (χ0) is 19.5. The quantitative estimate of drug-likeness (QED) is 0.797. The minimum atomic E-state index is -0.112. The minimum Gasteiger partial charge on any atom is -0.355 e. The number of hydrogen-bond donors (Lipinski definition) is 2. The number of anilines is 3. The van der Waals surface area contributed by atoms with Gasteiger partial charge in [-0.05, 0) is 48.6 Å². The maximum absolute atomic E-state index is 12.7. The fraction of sp³-hybridized carbons (Fsp3) is 0.364. The molecule has 2 aliphatic heterocycles. The zero-order valence-electron chi connectivity index (χ0n) is 16.2. The van der Waals surface area contributed by atoms with Crippen LogP contribution in [0.15, 0.2) is 42.5 Å². The monoisotopic (exact) mass is 378 g/mol. The van der Waals surface area contributed by atoms with Crippen molar-refractivity contribution in [3.63, 3.8) is 0 Å². The number of benzene rings is 2. The number of carbonyl (C=O) groups is 2. The van der Waals surface area contributed by atoms with E-state index < -0.39 is 0 Å². The second-order valence-electron chi connectivity index (χ2n) is 7.43. The van der Waals surface area contributed by atoms with E-state index in [1.165, 1.54) is 11.1 Å². The van der Waals surface area contributed by atoms with Gasteiger partial charge in [0.25, 0.3) is 0 Å². The fourth-order valence-electron chi connectivity index (χ4n) is 3.90. The first kappa shape index (κ1) is 18.3. The lowest BCUT2D eigenvalue weighted by molar-refractivity contribution is -0.128. The van der Waals surface area contributed by atoms with Crippen LogP contribution in [0.1, 0.15) is 24.5 Å². The Morgan fingerprint density at radius 2 is 1.61 bits per heavy atom. The molecule has 2 aliphatic rings. The van der Waals surface area contributed by atoms with Crippen LogP contribution in [0.5, 0.6) is 0 Å². The molecule has 0 atom stereocenters. The number of nitrogens with zero attached hydrogens (tertiary/aromatic N) is 2. The highest BCUT2D eigenvalue weighted by molar-refractivity contribution is 5.90. The highest BCUT2D eigenvalue weighted by Gasteiger charge is 2.21. The molecule has 1 saturated heterocycles. The number of para-hydroxylation sites is 1. The number of fused-ring (bicyclic) bond motifs is 2. The number of aryl methyl sites for hydroxylation is 2. The van der Waals surface area contributed by atoms with Crippen molar-refractivity contribution >= 4 is 29.0 Å². The molecular formula is C22H26N4O2. The second kappa shape index (κ2) is 7.92. The molecule has 2 aromatic rings. The van der Waals surface area contributed by atoms with Crippen LogP contribution in [0.2, 0.25) is 0 Å². The molecule has 1 fully saturated rings. The van der Waals surface area contributed by atoms with Crippen LogP contribution in [-0.2, 0) is 17.6 Å². The first-order valence-corrected chi connectivity index (χ1v) is 9.89. The second-order valence-corrected chi connectivity index (χ2v) is 7.43. The summed E-state index contributed by atoms with van der Waals surface area (Å²) in [6.45, 7) is 4.09. The number of carbonyl (C=O) groups excluding carboxylic acids is 2. The molecule has 0 spiro atoms. The van der Waals surface area contributed by atoms with Gasteiger partial charge >= 0.3 is 6.03 Å². The van der Waals surface area contributed by atoms with Gasteiger partial charge in [-0.2, -0.15) is 0 Å². The van der Waals surface area contributed by atoms with E-state index in [0.29, 0.717) is 26.2 Å². The molecule has 0 saturated carbocycles. The van der Waals surface area contributed by atoms with Gasteiger partial charge in [0.05, 0.1) is 0 Å². The lowest BCUT2D eigenvalue weighted by Gasteiger charge is -2.22. The largest absolute Gasteiger partial charge is 0.355 e. The summed E-state index contributed by atoms with van der Waals surface area (Å²) in [4.78, 5) is 27.9. The van der Waals surface area contributed by atoms with E-state index in [1.807, 2.05) is 18.2 Å². The normalized spacial score (nSPS) is 16.2. The molecule has 4 rings (SSSR count). The third kappa shape index (κ3) is 3.96. The summed E-state index contributed by atoms with van der Waals surface area (Å²) in [6, 6.07) is 14.3. The molecule has 0 radical (unpaired) electrons. The van der Waals surface area contributed by atoms with E-state index >= 15 is 0 Å². The van der Waals surface area contributed by atoms with Crippen molar-refractivity contribution in [2.45, 2.75) is 26.2 Å². The Kier molecular flexibility index (Phi) is 5.19. The van der Waals surface area contributed by atoms with Crippen molar-refractivity contribution in [1.29, 1.82) is 0 Å². The van der Waals surface area contributed by atoms with E-state index in [0.717, 1.165) is 36.3 Å². The van der Waals surface area contributed by atoms with Crippen LogP contribution in [0.3, 0.4) is 0 Å². The van der Waals surface area contributed by atoms with Crippen LogP contribution < -0.4 is 10.6 Å². The minimum absolute atomic E-state index is 0.0689. The zero-order valence-corrected chi connectivity index (χ0v) is 16.2. The number of hydrogen-bond acceptors (Lipinski definition) is 3. The Bertz CT molecular complexity index is 896. The average Bonchev–Trinajstić information content (AvgIpc) is 3.04. The summed E-state index contributed by atoms with van der Waals surface area (Å²) in [5.74, 6) is 0.0689. The van der Waals surface area contributed by atoms with E-state index in [4.69, 9.17) is 0 Å². The average molecular weight is 378 g/mol. The smallest absolute Gasteiger partial charge is 0.321 e. The third-order valence-electron chi connectivity index (χ3n) is 5.54. The van der Waals surface area contributed by atoms with Gasteiger partial charge in [-0.1, -0.05) is 24.3 Å². The highest BCUT2D eigenvalue weighted by Crippen LogP contribution is 2.31. The standard InChI is InChI=1S/C22H26N4O2/c1-16(27)25-11-4-12-26(14-13-25)22(28)23-19-10-9-18-8-7-17-5-2-3-6-20(17)24-21(18)15-19/h2-3,5-6,9-10,15,24H,4,7-8,11-14H2,1H3,(H,23,28). The van der Waals surface area contributed by atoms with Gasteiger partial charge in [0.2, 0.25) is 5.91 Å². The summed E-state index contributed by atoms with van der Waals surface area (Å²) in [5, 5.41) is 6.54. The summed E-state index contributed by atoms with van der Waals surface area (Å²) in [5.41, 5.74) is 5.51. The molecule has 6 heteroatoms. The van der Waals surface area contributed by atoms with Crippen molar-refractivity contribution in [3.8, 4) is 0 Å². The number of nitrogens with one attached hydrogen (secondary N) is 2. The molecule has 3 amide bonds. The third-order valence-corrected chi connectivity index (χ3v) is 5.54. The van der Waals surface area contributed by atoms with Crippen LogP contribution >= 0.6 is 0 Å². The number of rotatable bonds is 1. The topological polar surface area (TPSA) is 64.7 Å². The van der Waals surface area contributed by atoms with Gasteiger partial charge in [-0.3, -0.25) is 4.79 Å². The highest BCUT2D eigenvalue weighted by atomic mass is 16.2. The van der Waals surface area contributed by atoms with Gasteiger partial charge in [-0.25, -0.2) is 4.79 Å². The van der Waals surface area contributed by atoms with Crippen molar-refractivity contribution in [1.82, 2.24) is 9.80 Å². The first-order chi connectivity index (χ1) is 13.6. The lowest BCUT2D eigenvalue weighted by Crippen LogP contribution is -2.38. The van der Waals surface area contributed by atoms with Gasteiger partial charge in [0.1, 0.15) is 0 Å². The molecule has 6 nitrogen and oxygen atoms in total. The maximum Gasteiger partial charge on any atom is 0.321 e. The molecule has 2 aromatic carbocycles. The Morgan fingerprint density at radius 3 is 2.43 bits per heavy atom. The predicted octanol–water partition coefficient (Wildman–Crippen LogP) is 3.61. The van der Waals surface area contributed by atoms with E-state index in [2.05, 4.69) is 34.9 Å². The molecule has 0 bridgehead atoms. The molecule has 28 heavy (non-hydrogen) atoms. The van der Waals surface area contributed by atoms with E-state index in [-0.39, 0.29) is 11.9 Å². The van der Waals surface area contributed by atoms with Crippen molar-refractivity contribution in [3.05, 3.63) is 53.6 Å². The number of urea groups is 1. The predicted molar refractivity (Wildman–Crippen MR) is 111 cm³/mol. The Hall–Kier alpha value is -3.02. The van der Waals surface area contributed by atoms with Crippen LogP contribution in [0.4, 0.5) is 21.9 Å². The van der Waals surface area contributed by atoms with Crippen LogP contribution in [0, 0.1) is 0 Å².